The Labute approximate surface area is 109 Å². The standard InChI is InChI=1S/C16H19NO/c1-13-4-2-3-5-16(13)12-18-11-15-8-6-14(10-17)7-9-15/h2-3,6-9,13,16H,4-5,11-12H2,1H3. The third kappa shape index (κ3) is 3.45. The van der Waals surface area contributed by atoms with Crippen molar-refractivity contribution in [2.24, 2.45) is 11.8 Å². The molecule has 0 heterocycles. The molecule has 1 aromatic carbocycles. The van der Waals surface area contributed by atoms with Crippen LogP contribution < -0.4 is 0 Å². The highest BCUT2D eigenvalue weighted by atomic mass is 16.5. The van der Waals surface area contributed by atoms with E-state index in [0.717, 1.165) is 24.5 Å². The summed E-state index contributed by atoms with van der Waals surface area (Å²) in [6.07, 6.45) is 6.83. The van der Waals surface area contributed by atoms with Gasteiger partial charge >= 0.3 is 0 Å². The molecule has 2 atom stereocenters. The molecule has 0 saturated carbocycles. The molecule has 1 aromatic rings. The molecular formula is C16H19NO. The first kappa shape index (κ1) is 12.9. The van der Waals surface area contributed by atoms with Crippen molar-refractivity contribution < 1.29 is 4.74 Å². The highest BCUT2D eigenvalue weighted by Crippen LogP contribution is 2.25. The van der Waals surface area contributed by atoms with E-state index in [-0.39, 0.29) is 0 Å². The monoisotopic (exact) mass is 241 g/mol. The molecule has 0 N–H and O–H groups in total. The molecule has 1 aliphatic carbocycles. The zero-order chi connectivity index (χ0) is 12.8. The zero-order valence-corrected chi connectivity index (χ0v) is 10.8. The topological polar surface area (TPSA) is 33.0 Å². The van der Waals surface area contributed by atoms with Gasteiger partial charge in [-0.15, -0.1) is 0 Å². The van der Waals surface area contributed by atoms with Gasteiger partial charge < -0.3 is 4.74 Å². The van der Waals surface area contributed by atoms with Crippen LogP contribution in [0.1, 0.15) is 30.9 Å². The Bertz CT molecular complexity index is 441. The molecule has 0 bridgehead atoms. The van der Waals surface area contributed by atoms with Crippen LogP contribution in [-0.4, -0.2) is 6.61 Å². The summed E-state index contributed by atoms with van der Waals surface area (Å²) in [6, 6.07) is 9.72. The summed E-state index contributed by atoms with van der Waals surface area (Å²) in [5, 5.41) is 8.72. The maximum atomic E-state index is 8.72. The van der Waals surface area contributed by atoms with Crippen molar-refractivity contribution in [1.82, 2.24) is 0 Å². The molecular weight excluding hydrogens is 222 g/mol. The molecule has 94 valence electrons. The van der Waals surface area contributed by atoms with Crippen molar-refractivity contribution in [2.45, 2.75) is 26.4 Å². The lowest BCUT2D eigenvalue weighted by Gasteiger charge is -2.24. The van der Waals surface area contributed by atoms with E-state index in [1.54, 1.807) is 0 Å². The van der Waals surface area contributed by atoms with Crippen LogP contribution in [-0.2, 0) is 11.3 Å². The second kappa shape index (κ2) is 6.37. The van der Waals surface area contributed by atoms with Gasteiger partial charge in [0.15, 0.2) is 0 Å². The summed E-state index contributed by atoms with van der Waals surface area (Å²) in [7, 11) is 0. The first-order chi connectivity index (χ1) is 8.79. The molecule has 2 nitrogen and oxygen atoms in total. The van der Waals surface area contributed by atoms with E-state index in [2.05, 4.69) is 25.1 Å². The second-order valence-corrected chi connectivity index (χ2v) is 5.00. The molecule has 18 heavy (non-hydrogen) atoms. The largest absolute Gasteiger partial charge is 0.376 e. The number of rotatable bonds is 4. The molecule has 2 heteroatoms. The summed E-state index contributed by atoms with van der Waals surface area (Å²) in [4.78, 5) is 0. The van der Waals surface area contributed by atoms with Gasteiger partial charge in [-0.1, -0.05) is 31.2 Å². The van der Waals surface area contributed by atoms with E-state index < -0.39 is 0 Å². The van der Waals surface area contributed by atoms with Gasteiger partial charge in [-0.3, -0.25) is 0 Å². The normalized spacial score (nSPS) is 22.7. The van der Waals surface area contributed by atoms with Gasteiger partial charge in [0.05, 0.1) is 24.8 Å². The number of hydrogen-bond acceptors (Lipinski definition) is 2. The molecule has 0 amide bonds. The number of nitriles is 1. The van der Waals surface area contributed by atoms with Crippen molar-refractivity contribution in [3.63, 3.8) is 0 Å². The number of nitrogens with zero attached hydrogens (tertiary/aromatic N) is 1. The average Bonchev–Trinajstić information content (AvgIpc) is 2.42. The molecule has 0 aromatic heterocycles. The predicted molar refractivity (Wildman–Crippen MR) is 71.8 cm³/mol. The third-order valence-electron chi connectivity index (χ3n) is 3.60. The smallest absolute Gasteiger partial charge is 0.0991 e. The fourth-order valence-electron chi connectivity index (χ4n) is 2.24. The Morgan fingerprint density at radius 3 is 2.61 bits per heavy atom. The van der Waals surface area contributed by atoms with Crippen LogP contribution in [0.2, 0.25) is 0 Å². The Morgan fingerprint density at radius 1 is 1.22 bits per heavy atom. The van der Waals surface area contributed by atoms with Crippen molar-refractivity contribution in [3.05, 3.63) is 47.5 Å². The molecule has 1 aliphatic rings. The summed E-state index contributed by atoms with van der Waals surface area (Å²) < 4.78 is 5.79. The molecule has 0 aliphatic heterocycles. The predicted octanol–water partition coefficient (Wildman–Crippen LogP) is 3.68. The van der Waals surface area contributed by atoms with Crippen LogP contribution in [0, 0.1) is 23.2 Å². The zero-order valence-electron chi connectivity index (χ0n) is 10.8. The van der Waals surface area contributed by atoms with Gasteiger partial charge in [0.1, 0.15) is 0 Å². The molecule has 0 spiro atoms. The number of allylic oxidation sites excluding steroid dienone is 2. The van der Waals surface area contributed by atoms with Gasteiger partial charge in [-0.05, 0) is 42.4 Å². The summed E-state index contributed by atoms with van der Waals surface area (Å²) in [5.74, 6) is 1.37. The van der Waals surface area contributed by atoms with E-state index in [0.29, 0.717) is 18.1 Å². The molecule has 0 radical (unpaired) electrons. The first-order valence-electron chi connectivity index (χ1n) is 6.51. The maximum absolute atomic E-state index is 8.72. The summed E-state index contributed by atoms with van der Waals surface area (Å²) in [5.41, 5.74) is 1.83. The van der Waals surface area contributed by atoms with E-state index in [1.807, 2.05) is 24.3 Å². The first-order valence-corrected chi connectivity index (χ1v) is 6.51. The van der Waals surface area contributed by atoms with Gasteiger partial charge in [0, 0.05) is 0 Å². The fraction of sp³-hybridized carbons (Fsp3) is 0.438. The third-order valence-corrected chi connectivity index (χ3v) is 3.60. The van der Waals surface area contributed by atoms with Crippen LogP contribution in [0.15, 0.2) is 36.4 Å². The highest BCUT2D eigenvalue weighted by molar-refractivity contribution is 5.31. The van der Waals surface area contributed by atoms with E-state index in [9.17, 15) is 0 Å². The molecule has 2 unspecified atom stereocenters. The van der Waals surface area contributed by atoms with Gasteiger partial charge in [-0.2, -0.15) is 5.26 Å². The van der Waals surface area contributed by atoms with Crippen molar-refractivity contribution in [3.8, 4) is 6.07 Å². The summed E-state index contributed by atoms with van der Waals surface area (Å²) in [6.45, 7) is 3.75. The highest BCUT2D eigenvalue weighted by Gasteiger charge is 2.18. The van der Waals surface area contributed by atoms with Gasteiger partial charge in [0.25, 0.3) is 0 Å². The minimum Gasteiger partial charge on any atom is -0.376 e. The number of ether oxygens (including phenoxy) is 1. The Hall–Kier alpha value is -1.59. The van der Waals surface area contributed by atoms with Crippen molar-refractivity contribution in [1.29, 1.82) is 5.26 Å². The minimum atomic E-state index is 0.638. The quantitative estimate of drug-likeness (QED) is 0.753. The molecule has 2 rings (SSSR count). The Morgan fingerprint density at radius 2 is 1.94 bits per heavy atom. The van der Waals surface area contributed by atoms with Gasteiger partial charge in [0.2, 0.25) is 0 Å². The van der Waals surface area contributed by atoms with Crippen LogP contribution in [0.25, 0.3) is 0 Å². The minimum absolute atomic E-state index is 0.638. The fourth-order valence-corrected chi connectivity index (χ4v) is 2.24. The van der Waals surface area contributed by atoms with Crippen LogP contribution >= 0.6 is 0 Å². The molecule has 0 saturated heterocycles. The van der Waals surface area contributed by atoms with Crippen molar-refractivity contribution in [2.75, 3.05) is 6.61 Å². The van der Waals surface area contributed by atoms with Gasteiger partial charge in [-0.25, -0.2) is 0 Å². The lowest BCUT2D eigenvalue weighted by atomic mass is 9.85. The Balaban J connectivity index is 1.78. The van der Waals surface area contributed by atoms with E-state index in [1.165, 1.54) is 6.42 Å². The second-order valence-electron chi connectivity index (χ2n) is 5.00. The SMILES string of the molecule is CC1CC=CCC1COCc1ccc(C#N)cc1. The van der Waals surface area contributed by atoms with E-state index in [4.69, 9.17) is 10.00 Å². The van der Waals surface area contributed by atoms with Crippen LogP contribution in [0.4, 0.5) is 0 Å². The Kier molecular flexibility index (Phi) is 4.55. The lowest BCUT2D eigenvalue weighted by Crippen LogP contribution is -2.19. The van der Waals surface area contributed by atoms with E-state index >= 15 is 0 Å². The van der Waals surface area contributed by atoms with Crippen molar-refractivity contribution >= 4 is 0 Å². The maximum Gasteiger partial charge on any atom is 0.0991 e. The molecule has 0 fully saturated rings. The summed E-state index contributed by atoms with van der Waals surface area (Å²) >= 11 is 0. The number of hydrogen-bond donors (Lipinski definition) is 0. The van der Waals surface area contributed by atoms with Crippen LogP contribution in [0.3, 0.4) is 0 Å². The average molecular weight is 241 g/mol. The van der Waals surface area contributed by atoms with Crippen LogP contribution in [0.5, 0.6) is 0 Å². The number of benzene rings is 1. The lowest BCUT2D eigenvalue weighted by molar-refractivity contribution is 0.0680.